The highest BCUT2D eigenvalue weighted by Gasteiger charge is 2.38. The summed E-state index contributed by atoms with van der Waals surface area (Å²) in [5.74, 6) is 0.371. The summed E-state index contributed by atoms with van der Waals surface area (Å²) in [6.45, 7) is 3.66. The Morgan fingerprint density at radius 1 is 0.708 bits per heavy atom. The second kappa shape index (κ2) is 17.2. The van der Waals surface area contributed by atoms with Crippen molar-refractivity contribution in [2.24, 2.45) is 0 Å². The number of hydrogen-bond donors (Lipinski definition) is 3. The van der Waals surface area contributed by atoms with Crippen LogP contribution in [0.1, 0.15) is 47.0 Å². The van der Waals surface area contributed by atoms with E-state index in [0.29, 0.717) is 57.9 Å². The summed E-state index contributed by atoms with van der Waals surface area (Å²) in [5.41, 5.74) is 3.87. The Bertz CT molecular complexity index is 1550. The minimum absolute atomic E-state index is 0.0858. The van der Waals surface area contributed by atoms with E-state index in [1.165, 1.54) is 0 Å². The van der Waals surface area contributed by atoms with Gasteiger partial charge in [-0.05, 0) is 60.4 Å². The van der Waals surface area contributed by atoms with Gasteiger partial charge in [0.1, 0.15) is 17.4 Å². The number of halogens is 3. The number of amides is 1. The topological polar surface area (TPSA) is 128 Å². The van der Waals surface area contributed by atoms with Crippen LogP contribution in [0.2, 0.25) is 0 Å². The van der Waals surface area contributed by atoms with Crippen LogP contribution in [0.5, 0.6) is 5.75 Å². The van der Waals surface area contributed by atoms with Crippen molar-refractivity contribution in [1.29, 1.82) is 0 Å². The average molecular weight is 662 g/mol. The largest absolute Gasteiger partial charge is 0.494 e. The second-order valence-corrected chi connectivity index (χ2v) is 11.3. The van der Waals surface area contributed by atoms with Crippen LogP contribution in [0.25, 0.3) is 0 Å². The molecular formula is C34H38F3N9O2. The molecule has 4 heterocycles. The lowest BCUT2D eigenvalue weighted by molar-refractivity contribution is -0.173. The van der Waals surface area contributed by atoms with Crippen molar-refractivity contribution < 1.29 is 22.7 Å². The number of unbranched alkanes of at least 4 members (excludes halogenated alkanes) is 1. The van der Waals surface area contributed by atoms with Crippen molar-refractivity contribution in [3.8, 4) is 5.75 Å². The molecule has 5 aromatic rings. The molecule has 252 valence electrons. The normalized spacial score (nSPS) is 11.7. The number of nitrogens with zero attached hydrogens (tertiary/aromatic N) is 6. The monoisotopic (exact) mass is 661 g/mol. The number of alkyl halides is 3. The molecule has 0 aliphatic heterocycles. The number of aromatic amines is 2. The van der Waals surface area contributed by atoms with Gasteiger partial charge in [-0.25, -0.2) is 9.97 Å². The number of pyridine rings is 2. The number of hydrogen-bond acceptors (Lipinski definition) is 8. The highest BCUT2D eigenvalue weighted by atomic mass is 19.4. The number of rotatable bonds is 18. The van der Waals surface area contributed by atoms with Gasteiger partial charge in [0.25, 0.3) is 0 Å². The van der Waals surface area contributed by atoms with Gasteiger partial charge in [0.15, 0.2) is 0 Å². The molecule has 48 heavy (non-hydrogen) atoms. The van der Waals surface area contributed by atoms with E-state index in [1.54, 1.807) is 37.2 Å². The first-order chi connectivity index (χ1) is 23.3. The Balaban J connectivity index is 1.34. The number of ether oxygens (including phenoxy) is 1. The lowest BCUT2D eigenvalue weighted by Crippen LogP contribution is -2.37. The predicted octanol–water partition coefficient (Wildman–Crippen LogP) is 5.17. The van der Waals surface area contributed by atoms with Gasteiger partial charge in [0.05, 0.1) is 31.1 Å². The lowest BCUT2D eigenvalue weighted by Gasteiger charge is -2.24. The summed E-state index contributed by atoms with van der Waals surface area (Å²) in [6, 6.07) is 17.8. The van der Waals surface area contributed by atoms with Crippen LogP contribution in [-0.4, -0.2) is 64.9 Å². The fraction of sp³-hybridized carbons (Fsp3) is 0.324. The van der Waals surface area contributed by atoms with Crippen molar-refractivity contribution in [3.63, 3.8) is 0 Å². The zero-order valence-corrected chi connectivity index (χ0v) is 26.4. The number of imidazole rings is 2. The lowest BCUT2D eigenvalue weighted by atomic mass is 10.1. The number of benzene rings is 1. The molecule has 4 aromatic heterocycles. The van der Waals surface area contributed by atoms with Crippen LogP contribution < -0.4 is 10.1 Å². The van der Waals surface area contributed by atoms with Crippen LogP contribution in [0.4, 0.5) is 13.2 Å². The van der Waals surface area contributed by atoms with Gasteiger partial charge in [-0.3, -0.25) is 24.6 Å². The van der Waals surface area contributed by atoms with Crippen LogP contribution >= 0.6 is 0 Å². The molecule has 0 fully saturated rings. The van der Waals surface area contributed by atoms with E-state index < -0.39 is 12.1 Å². The standard InChI is InChI=1S/C34H38F3N9O2/c35-34(36,37)33(47)44-11-5-6-16-48-30-18-26(20-45(24-31-40-12-13-41-31)22-28-7-1-3-9-38-28)17-27(19-30)21-46(25-32-42-14-15-43-32)23-29-8-2-4-10-39-29/h1-4,7-10,12-15,17-19H,5-6,11,16,20-25H2,(H,40,41)(H,42,43)(H,44,47). The molecule has 1 aromatic carbocycles. The quantitative estimate of drug-likeness (QED) is 0.110. The molecule has 0 radical (unpaired) electrons. The summed E-state index contributed by atoms with van der Waals surface area (Å²) >= 11 is 0. The maximum Gasteiger partial charge on any atom is 0.471 e. The van der Waals surface area contributed by atoms with E-state index in [9.17, 15) is 18.0 Å². The molecule has 0 aliphatic rings. The van der Waals surface area contributed by atoms with Crippen LogP contribution in [0.3, 0.4) is 0 Å². The molecule has 0 spiro atoms. The number of carbonyl (C=O) groups is 1. The first-order valence-corrected chi connectivity index (χ1v) is 15.6. The van der Waals surface area contributed by atoms with Gasteiger partial charge in [-0.2, -0.15) is 13.2 Å². The third-order valence-corrected chi connectivity index (χ3v) is 7.30. The molecule has 11 nitrogen and oxygen atoms in total. The molecule has 14 heteroatoms. The molecule has 0 saturated carbocycles. The molecule has 0 aliphatic carbocycles. The highest BCUT2D eigenvalue weighted by molar-refractivity contribution is 5.81. The minimum atomic E-state index is -4.89. The van der Waals surface area contributed by atoms with E-state index >= 15 is 0 Å². The maximum atomic E-state index is 12.5. The summed E-state index contributed by atoms with van der Waals surface area (Å²) in [6.07, 6.45) is 6.51. The number of aromatic nitrogens is 6. The van der Waals surface area contributed by atoms with Crippen molar-refractivity contribution in [3.05, 3.63) is 126 Å². The minimum Gasteiger partial charge on any atom is -0.494 e. The van der Waals surface area contributed by atoms with E-state index in [1.807, 2.05) is 53.8 Å². The molecule has 3 N–H and O–H groups in total. The highest BCUT2D eigenvalue weighted by Crippen LogP contribution is 2.23. The maximum absolute atomic E-state index is 12.5. The molecule has 1 amide bonds. The molecule has 0 saturated heterocycles. The Kier molecular flexibility index (Phi) is 12.3. The molecular weight excluding hydrogens is 623 g/mol. The van der Waals surface area contributed by atoms with Gasteiger partial charge in [-0.1, -0.05) is 18.2 Å². The molecule has 0 atom stereocenters. The third kappa shape index (κ3) is 11.3. The summed E-state index contributed by atoms with van der Waals surface area (Å²) < 4.78 is 43.6. The SMILES string of the molecule is O=C(NCCCCOc1cc(CN(Cc2ccccn2)Cc2ncc[nH]2)cc(CN(Cc2ccccn2)Cc2ncc[nH]2)c1)C(F)(F)F. The Morgan fingerprint density at radius 3 is 1.73 bits per heavy atom. The number of H-pyrrole nitrogens is 2. The van der Waals surface area contributed by atoms with Crippen LogP contribution in [-0.2, 0) is 44.1 Å². The van der Waals surface area contributed by atoms with E-state index in [-0.39, 0.29) is 13.2 Å². The van der Waals surface area contributed by atoms with Gasteiger partial charge in [-0.15, -0.1) is 0 Å². The van der Waals surface area contributed by atoms with E-state index in [0.717, 1.165) is 34.2 Å². The fourth-order valence-corrected chi connectivity index (χ4v) is 5.20. The first-order valence-electron chi connectivity index (χ1n) is 15.6. The smallest absolute Gasteiger partial charge is 0.471 e. The van der Waals surface area contributed by atoms with Gasteiger partial charge < -0.3 is 20.0 Å². The van der Waals surface area contributed by atoms with Gasteiger partial charge in [0.2, 0.25) is 0 Å². The Labute approximate surface area is 276 Å². The molecule has 5 rings (SSSR count). The molecule has 0 unspecified atom stereocenters. The number of carbonyl (C=O) groups excluding carboxylic acids is 1. The molecule has 0 bridgehead atoms. The zero-order chi connectivity index (χ0) is 33.6. The number of nitrogens with one attached hydrogen (secondary N) is 3. The first kappa shape index (κ1) is 34.3. The van der Waals surface area contributed by atoms with Crippen molar-refractivity contribution in [2.75, 3.05) is 13.2 Å². The van der Waals surface area contributed by atoms with E-state index in [4.69, 9.17) is 4.74 Å². The predicted molar refractivity (Wildman–Crippen MR) is 172 cm³/mol. The summed E-state index contributed by atoms with van der Waals surface area (Å²) in [4.78, 5) is 39.8. The van der Waals surface area contributed by atoms with Gasteiger partial charge >= 0.3 is 12.1 Å². The van der Waals surface area contributed by atoms with Crippen LogP contribution in [0, 0.1) is 0 Å². The second-order valence-electron chi connectivity index (χ2n) is 11.3. The van der Waals surface area contributed by atoms with Crippen molar-refractivity contribution >= 4 is 5.91 Å². The Hall–Kier alpha value is -5.08. The van der Waals surface area contributed by atoms with E-state index in [2.05, 4.69) is 45.8 Å². The Morgan fingerprint density at radius 2 is 1.27 bits per heavy atom. The fourth-order valence-electron chi connectivity index (χ4n) is 5.20. The van der Waals surface area contributed by atoms with Crippen molar-refractivity contribution in [1.82, 2.24) is 45.0 Å². The van der Waals surface area contributed by atoms with Crippen molar-refractivity contribution in [2.45, 2.75) is 58.3 Å². The summed E-state index contributed by atoms with van der Waals surface area (Å²) in [7, 11) is 0. The van der Waals surface area contributed by atoms with Gasteiger partial charge in [0, 0.05) is 69.9 Å². The summed E-state index contributed by atoms with van der Waals surface area (Å²) in [5, 5.41) is 1.90. The zero-order valence-electron chi connectivity index (χ0n) is 26.4. The average Bonchev–Trinajstić information content (AvgIpc) is 3.78. The van der Waals surface area contributed by atoms with Crippen LogP contribution in [0.15, 0.2) is 91.8 Å². The third-order valence-electron chi connectivity index (χ3n) is 7.30.